The fourth-order valence-electron chi connectivity index (χ4n) is 4.87. The number of amides is 2. The molecule has 5 aromatic rings. The van der Waals surface area contributed by atoms with Gasteiger partial charge in [-0.3, -0.25) is 14.7 Å². The second kappa shape index (κ2) is 8.35. The highest BCUT2D eigenvalue weighted by atomic mass is 16.3. The molecule has 0 radical (unpaired) electrons. The lowest BCUT2D eigenvalue weighted by atomic mass is 9.95. The van der Waals surface area contributed by atoms with E-state index in [-0.39, 0.29) is 17.6 Å². The van der Waals surface area contributed by atoms with Crippen LogP contribution in [0.3, 0.4) is 0 Å². The maximum absolute atomic E-state index is 13.7. The number of aromatic amines is 2. The maximum atomic E-state index is 13.7. The minimum absolute atomic E-state index is 0.200. The van der Waals surface area contributed by atoms with Crippen LogP contribution in [0, 0.1) is 0 Å². The molecule has 2 amide bonds. The van der Waals surface area contributed by atoms with Crippen LogP contribution in [-0.2, 0) is 24.3 Å². The van der Waals surface area contributed by atoms with Gasteiger partial charge in [0.15, 0.2) is 5.76 Å². The molecule has 9 nitrogen and oxygen atoms in total. The fraction of sp³-hybridized carbons (Fsp3) is 0.192. The number of carbonyl (C=O) groups excluding carboxylic acids is 2. The molecule has 0 spiro atoms. The molecular weight excluding hydrogens is 444 g/mol. The third-order valence-corrected chi connectivity index (χ3v) is 6.68. The molecule has 0 aliphatic carbocycles. The normalized spacial score (nSPS) is 15.3. The Labute approximate surface area is 200 Å². The first kappa shape index (κ1) is 21.0. The number of fused-ring (bicyclic) bond motifs is 4. The molecule has 1 atom stereocenters. The number of hydrogen-bond acceptors (Lipinski definition) is 5. The van der Waals surface area contributed by atoms with Gasteiger partial charge in [-0.15, -0.1) is 0 Å². The summed E-state index contributed by atoms with van der Waals surface area (Å²) in [5.74, 6) is -0.278. The standard InChI is InChI=1S/C26H24N6O3/c1-27-25(33)23-11-19-18-4-2-3-5-21(18)30-22(19)14-32(23)26(34)24-15(8-9-35-24)12-28-17-6-7-20-16(10-17)13-29-31-20/h2-10,13,23,28,30H,11-12,14H2,1H3,(H,27,33)(H,29,31)/t23-/m1/s1. The highest BCUT2D eigenvalue weighted by molar-refractivity contribution is 5.98. The number of nitrogens with one attached hydrogen (secondary N) is 4. The summed E-state index contributed by atoms with van der Waals surface area (Å²) >= 11 is 0. The van der Waals surface area contributed by atoms with E-state index in [1.807, 2.05) is 42.5 Å². The molecular formula is C26H24N6O3. The molecule has 6 rings (SSSR count). The van der Waals surface area contributed by atoms with Crippen molar-refractivity contribution >= 4 is 39.3 Å². The first-order valence-corrected chi connectivity index (χ1v) is 11.5. The number of carbonyl (C=O) groups is 2. The Bertz CT molecular complexity index is 1560. The maximum Gasteiger partial charge on any atom is 0.290 e. The Morgan fingerprint density at radius 2 is 2.06 bits per heavy atom. The van der Waals surface area contributed by atoms with Crippen molar-refractivity contribution in [3.8, 4) is 0 Å². The second-order valence-corrected chi connectivity index (χ2v) is 8.70. The predicted molar refractivity (Wildman–Crippen MR) is 132 cm³/mol. The van der Waals surface area contributed by atoms with Crippen molar-refractivity contribution in [2.75, 3.05) is 12.4 Å². The van der Waals surface area contributed by atoms with Gasteiger partial charge in [-0.05, 0) is 35.9 Å². The summed E-state index contributed by atoms with van der Waals surface area (Å²) in [6, 6.07) is 15.0. The first-order chi connectivity index (χ1) is 17.1. The summed E-state index contributed by atoms with van der Waals surface area (Å²) in [7, 11) is 1.59. The lowest BCUT2D eigenvalue weighted by molar-refractivity contribution is -0.125. The van der Waals surface area contributed by atoms with Crippen molar-refractivity contribution in [3.63, 3.8) is 0 Å². The Morgan fingerprint density at radius 1 is 1.17 bits per heavy atom. The summed E-state index contributed by atoms with van der Waals surface area (Å²) in [6.45, 7) is 0.697. The molecule has 35 heavy (non-hydrogen) atoms. The minimum Gasteiger partial charge on any atom is -0.459 e. The van der Waals surface area contributed by atoms with Crippen molar-refractivity contribution in [2.45, 2.75) is 25.6 Å². The monoisotopic (exact) mass is 468 g/mol. The van der Waals surface area contributed by atoms with Crippen LogP contribution in [0.2, 0.25) is 0 Å². The quantitative estimate of drug-likeness (QED) is 0.315. The lowest BCUT2D eigenvalue weighted by Gasteiger charge is -2.34. The average Bonchev–Trinajstić information content (AvgIpc) is 3.63. The number of hydrogen-bond donors (Lipinski definition) is 4. The van der Waals surface area contributed by atoms with Gasteiger partial charge < -0.3 is 24.9 Å². The number of anilines is 1. The predicted octanol–water partition coefficient (Wildman–Crippen LogP) is 3.56. The van der Waals surface area contributed by atoms with Crippen LogP contribution < -0.4 is 10.6 Å². The van der Waals surface area contributed by atoms with Crippen LogP contribution in [0.1, 0.15) is 27.4 Å². The van der Waals surface area contributed by atoms with Crippen molar-refractivity contribution in [1.29, 1.82) is 0 Å². The van der Waals surface area contributed by atoms with Gasteiger partial charge in [0.05, 0.1) is 24.5 Å². The third-order valence-electron chi connectivity index (χ3n) is 6.68. The first-order valence-electron chi connectivity index (χ1n) is 11.5. The molecule has 1 aliphatic heterocycles. The van der Waals surface area contributed by atoms with E-state index in [9.17, 15) is 9.59 Å². The number of likely N-dealkylation sites (N-methyl/N-ethyl adjacent to an activating group) is 1. The molecule has 9 heteroatoms. The third kappa shape index (κ3) is 3.61. The van der Waals surface area contributed by atoms with E-state index in [1.54, 1.807) is 24.2 Å². The highest BCUT2D eigenvalue weighted by Crippen LogP contribution is 2.32. The second-order valence-electron chi connectivity index (χ2n) is 8.70. The SMILES string of the molecule is CNC(=O)[C@H]1Cc2c([nH]c3ccccc23)CN1C(=O)c1occc1CNc1ccc2[nH]ncc2c1. The number of para-hydroxylation sites is 1. The number of aromatic nitrogens is 3. The van der Waals surface area contributed by atoms with Gasteiger partial charge in [-0.2, -0.15) is 5.10 Å². The number of furan rings is 1. The van der Waals surface area contributed by atoms with E-state index < -0.39 is 6.04 Å². The number of H-pyrrole nitrogens is 2. The molecule has 4 heterocycles. The Hall–Kier alpha value is -4.53. The highest BCUT2D eigenvalue weighted by Gasteiger charge is 2.38. The van der Waals surface area contributed by atoms with Gasteiger partial charge in [0, 0.05) is 53.2 Å². The van der Waals surface area contributed by atoms with Crippen molar-refractivity contribution < 1.29 is 14.0 Å². The molecule has 0 saturated carbocycles. The summed E-state index contributed by atoms with van der Waals surface area (Å²) in [4.78, 5) is 31.5. The number of benzene rings is 2. The Kier molecular flexibility index (Phi) is 5.02. The van der Waals surface area contributed by atoms with Gasteiger partial charge in [-0.1, -0.05) is 18.2 Å². The van der Waals surface area contributed by atoms with Crippen LogP contribution in [0.5, 0.6) is 0 Å². The molecule has 0 fully saturated rings. The van der Waals surface area contributed by atoms with Crippen molar-refractivity contribution in [2.24, 2.45) is 0 Å². The van der Waals surface area contributed by atoms with Crippen LogP contribution in [0.15, 0.2) is 65.4 Å². The molecule has 176 valence electrons. The minimum atomic E-state index is -0.631. The summed E-state index contributed by atoms with van der Waals surface area (Å²) in [5.41, 5.74) is 5.60. The average molecular weight is 469 g/mol. The smallest absolute Gasteiger partial charge is 0.290 e. The fourth-order valence-corrected chi connectivity index (χ4v) is 4.87. The summed E-state index contributed by atoms with van der Waals surface area (Å²) < 4.78 is 5.65. The van der Waals surface area contributed by atoms with E-state index in [4.69, 9.17) is 4.42 Å². The summed E-state index contributed by atoms with van der Waals surface area (Å²) in [5, 5.41) is 15.1. The zero-order valence-electron chi connectivity index (χ0n) is 19.1. The van der Waals surface area contributed by atoms with Crippen LogP contribution in [-0.4, -0.2) is 45.0 Å². The van der Waals surface area contributed by atoms with Gasteiger partial charge in [0.1, 0.15) is 6.04 Å². The van der Waals surface area contributed by atoms with Gasteiger partial charge >= 0.3 is 0 Å². The van der Waals surface area contributed by atoms with E-state index in [2.05, 4.69) is 25.8 Å². The van der Waals surface area contributed by atoms with Crippen molar-refractivity contribution in [3.05, 3.63) is 83.6 Å². The van der Waals surface area contributed by atoms with Crippen molar-refractivity contribution in [1.82, 2.24) is 25.4 Å². The van der Waals surface area contributed by atoms with E-state index >= 15 is 0 Å². The topological polar surface area (TPSA) is 119 Å². The largest absolute Gasteiger partial charge is 0.459 e. The van der Waals surface area contributed by atoms with Crippen LogP contribution >= 0.6 is 0 Å². The lowest BCUT2D eigenvalue weighted by Crippen LogP contribution is -2.52. The van der Waals surface area contributed by atoms with Gasteiger partial charge in [0.2, 0.25) is 5.91 Å². The Morgan fingerprint density at radius 3 is 2.94 bits per heavy atom. The van der Waals surface area contributed by atoms with Crippen LogP contribution in [0.4, 0.5) is 5.69 Å². The van der Waals surface area contributed by atoms with Gasteiger partial charge in [0.25, 0.3) is 5.91 Å². The van der Waals surface area contributed by atoms with E-state index in [0.717, 1.165) is 44.3 Å². The summed E-state index contributed by atoms with van der Waals surface area (Å²) in [6.07, 6.45) is 3.71. The number of rotatable bonds is 5. The zero-order chi connectivity index (χ0) is 23.9. The molecule has 3 aromatic heterocycles. The molecule has 0 saturated heterocycles. The zero-order valence-corrected chi connectivity index (χ0v) is 19.1. The molecule has 1 aliphatic rings. The van der Waals surface area contributed by atoms with E-state index in [0.29, 0.717) is 19.5 Å². The number of nitrogens with zero attached hydrogens (tertiary/aromatic N) is 2. The Balaban J connectivity index is 1.28. The molecule has 2 aromatic carbocycles. The molecule has 0 bridgehead atoms. The molecule has 0 unspecified atom stereocenters. The molecule has 4 N–H and O–H groups in total. The van der Waals surface area contributed by atoms with Crippen LogP contribution in [0.25, 0.3) is 21.8 Å². The van der Waals surface area contributed by atoms with Gasteiger partial charge in [-0.25, -0.2) is 0 Å². The van der Waals surface area contributed by atoms with E-state index in [1.165, 1.54) is 6.26 Å².